The highest BCUT2D eigenvalue weighted by Crippen LogP contribution is 2.51. The fraction of sp³-hybridized carbons (Fsp3) is 0.846. The largest absolute Gasteiger partial charge is 0.375 e. The van der Waals surface area contributed by atoms with Crippen molar-refractivity contribution in [2.24, 2.45) is 0 Å². The molecule has 0 aromatic rings. The van der Waals surface area contributed by atoms with Gasteiger partial charge in [0.05, 0.1) is 13.2 Å². The van der Waals surface area contributed by atoms with E-state index in [0.29, 0.717) is 13.2 Å². The third-order valence-electron chi connectivity index (χ3n) is 3.05. The number of likely N-dealkylation sites (tertiary alicyclic amines) is 1. The van der Waals surface area contributed by atoms with Crippen LogP contribution in [0.1, 0.15) is 46.5 Å². The van der Waals surface area contributed by atoms with Gasteiger partial charge in [-0.05, 0) is 39.5 Å². The van der Waals surface area contributed by atoms with Gasteiger partial charge < -0.3 is 13.9 Å². The summed E-state index contributed by atoms with van der Waals surface area (Å²) in [6.07, 6.45) is 4.59. The van der Waals surface area contributed by atoms with E-state index in [-0.39, 0.29) is 0 Å². The van der Waals surface area contributed by atoms with Crippen molar-refractivity contribution in [1.82, 2.24) is 4.90 Å². The lowest BCUT2D eigenvalue weighted by Gasteiger charge is -2.31. The first-order valence-corrected chi connectivity index (χ1v) is 8.61. The summed E-state index contributed by atoms with van der Waals surface area (Å²) in [4.78, 5) is 2.31. The van der Waals surface area contributed by atoms with E-state index in [1.165, 1.54) is 19.3 Å². The molecule has 1 aliphatic rings. The molecule has 1 fully saturated rings. The zero-order valence-electron chi connectivity index (χ0n) is 11.9. The van der Waals surface area contributed by atoms with Crippen molar-refractivity contribution in [3.63, 3.8) is 0 Å². The SMILES string of the molecule is CCOP(=O)(/C=C(\CC)N1CCCCC1)OCC. The molecule has 1 heterocycles. The zero-order chi connectivity index (χ0) is 13.4. The predicted molar refractivity (Wildman–Crippen MR) is 74.7 cm³/mol. The predicted octanol–water partition coefficient (Wildman–Crippen LogP) is 3.99. The second-order valence-corrected chi connectivity index (χ2v) is 6.25. The zero-order valence-corrected chi connectivity index (χ0v) is 12.7. The molecule has 0 amide bonds. The van der Waals surface area contributed by atoms with E-state index in [1.54, 1.807) is 5.82 Å². The molecule has 0 N–H and O–H groups in total. The molecule has 0 bridgehead atoms. The van der Waals surface area contributed by atoms with Crippen LogP contribution in [-0.2, 0) is 13.6 Å². The Morgan fingerprint density at radius 2 is 1.67 bits per heavy atom. The van der Waals surface area contributed by atoms with E-state index in [9.17, 15) is 4.57 Å². The van der Waals surface area contributed by atoms with E-state index in [4.69, 9.17) is 9.05 Å². The second-order valence-electron chi connectivity index (χ2n) is 4.40. The average Bonchev–Trinajstić information content (AvgIpc) is 2.38. The maximum atomic E-state index is 12.5. The van der Waals surface area contributed by atoms with Gasteiger partial charge >= 0.3 is 7.60 Å². The minimum Gasteiger partial charge on any atom is -0.375 e. The maximum absolute atomic E-state index is 12.5. The average molecular weight is 275 g/mol. The summed E-state index contributed by atoms with van der Waals surface area (Å²) in [7, 11) is -3.06. The summed E-state index contributed by atoms with van der Waals surface area (Å²) in [5, 5.41) is 0. The fourth-order valence-electron chi connectivity index (χ4n) is 2.23. The van der Waals surface area contributed by atoms with Gasteiger partial charge in [-0.1, -0.05) is 6.92 Å². The molecule has 1 aliphatic heterocycles. The lowest BCUT2D eigenvalue weighted by atomic mass is 10.1. The van der Waals surface area contributed by atoms with Gasteiger partial charge in [-0.2, -0.15) is 0 Å². The van der Waals surface area contributed by atoms with Crippen LogP contribution in [-0.4, -0.2) is 31.2 Å². The number of rotatable bonds is 7. The van der Waals surface area contributed by atoms with E-state index in [2.05, 4.69) is 11.8 Å². The highest BCUT2D eigenvalue weighted by molar-refractivity contribution is 7.57. The first kappa shape index (κ1) is 15.7. The maximum Gasteiger partial charge on any atom is 0.355 e. The molecule has 0 aromatic carbocycles. The Morgan fingerprint density at radius 3 is 2.11 bits per heavy atom. The highest BCUT2D eigenvalue weighted by Gasteiger charge is 2.23. The van der Waals surface area contributed by atoms with E-state index < -0.39 is 7.60 Å². The Labute approximate surface area is 111 Å². The van der Waals surface area contributed by atoms with Gasteiger partial charge in [0.15, 0.2) is 0 Å². The minimum atomic E-state index is -3.06. The smallest absolute Gasteiger partial charge is 0.355 e. The van der Waals surface area contributed by atoms with Crippen LogP contribution in [0.2, 0.25) is 0 Å². The molecule has 0 spiro atoms. The van der Waals surface area contributed by atoms with Crippen LogP contribution in [0, 0.1) is 0 Å². The Kier molecular flexibility index (Phi) is 6.98. The molecule has 0 aromatic heterocycles. The normalized spacial score (nSPS) is 18.2. The topological polar surface area (TPSA) is 38.8 Å². The van der Waals surface area contributed by atoms with Crippen LogP contribution >= 0.6 is 7.60 Å². The molecule has 0 atom stereocenters. The lowest BCUT2D eigenvalue weighted by molar-refractivity contribution is 0.226. The number of hydrogen-bond acceptors (Lipinski definition) is 4. The standard InChI is InChI=1S/C13H26NO3P/c1-4-13(14-10-8-7-9-11-14)12-18(15,16-5-2)17-6-3/h12H,4-11H2,1-3H3/b13-12+. The molecule has 1 rings (SSSR count). The Balaban J connectivity index is 2.81. The first-order chi connectivity index (χ1) is 8.65. The van der Waals surface area contributed by atoms with Gasteiger partial charge in [0.1, 0.15) is 0 Å². The third kappa shape index (κ3) is 4.75. The van der Waals surface area contributed by atoms with Crippen molar-refractivity contribution in [3.05, 3.63) is 11.5 Å². The second kappa shape index (κ2) is 7.98. The van der Waals surface area contributed by atoms with Crippen molar-refractivity contribution in [3.8, 4) is 0 Å². The summed E-state index contributed by atoms with van der Waals surface area (Å²) in [5.74, 6) is 1.73. The minimum absolute atomic E-state index is 0.408. The molecular weight excluding hydrogens is 249 g/mol. The molecule has 0 unspecified atom stereocenters. The van der Waals surface area contributed by atoms with Gasteiger partial charge in [-0.15, -0.1) is 0 Å². The molecular formula is C13H26NO3P. The summed E-state index contributed by atoms with van der Waals surface area (Å²) >= 11 is 0. The lowest BCUT2D eigenvalue weighted by Crippen LogP contribution is -2.28. The van der Waals surface area contributed by atoms with Gasteiger partial charge in [0.2, 0.25) is 0 Å². The summed E-state index contributed by atoms with van der Waals surface area (Å²) in [6.45, 7) is 8.69. The van der Waals surface area contributed by atoms with E-state index in [0.717, 1.165) is 25.2 Å². The molecule has 0 saturated carbocycles. The van der Waals surface area contributed by atoms with Crippen molar-refractivity contribution in [2.45, 2.75) is 46.5 Å². The molecule has 5 heteroatoms. The van der Waals surface area contributed by atoms with Crippen LogP contribution in [0.15, 0.2) is 11.5 Å². The summed E-state index contributed by atoms with van der Waals surface area (Å²) < 4.78 is 23.1. The summed E-state index contributed by atoms with van der Waals surface area (Å²) in [6, 6.07) is 0. The highest BCUT2D eigenvalue weighted by atomic mass is 31.2. The first-order valence-electron chi connectivity index (χ1n) is 7.00. The molecule has 0 radical (unpaired) electrons. The Bertz CT molecular complexity index is 301. The van der Waals surface area contributed by atoms with Crippen molar-refractivity contribution >= 4 is 7.60 Å². The van der Waals surface area contributed by atoms with Gasteiger partial charge in [0, 0.05) is 24.6 Å². The van der Waals surface area contributed by atoms with Crippen LogP contribution in [0.3, 0.4) is 0 Å². The van der Waals surface area contributed by atoms with Crippen molar-refractivity contribution < 1.29 is 13.6 Å². The van der Waals surface area contributed by atoms with E-state index in [1.807, 2.05) is 13.8 Å². The Morgan fingerprint density at radius 1 is 1.11 bits per heavy atom. The fourth-order valence-corrected chi connectivity index (χ4v) is 3.89. The van der Waals surface area contributed by atoms with Crippen LogP contribution in [0.4, 0.5) is 0 Å². The van der Waals surface area contributed by atoms with Crippen molar-refractivity contribution in [1.29, 1.82) is 0 Å². The number of piperidine rings is 1. The van der Waals surface area contributed by atoms with Crippen molar-refractivity contribution in [2.75, 3.05) is 26.3 Å². The summed E-state index contributed by atoms with van der Waals surface area (Å²) in [5.41, 5.74) is 1.10. The third-order valence-corrected chi connectivity index (χ3v) is 4.90. The van der Waals surface area contributed by atoms with E-state index >= 15 is 0 Å². The monoisotopic (exact) mass is 275 g/mol. The molecule has 0 aliphatic carbocycles. The molecule has 1 saturated heterocycles. The number of nitrogens with zero attached hydrogens (tertiary/aromatic N) is 1. The Hall–Kier alpha value is -0.310. The van der Waals surface area contributed by atoms with Gasteiger partial charge in [-0.25, -0.2) is 0 Å². The number of allylic oxidation sites excluding steroid dienone is 1. The van der Waals surface area contributed by atoms with Crippen LogP contribution in [0.25, 0.3) is 0 Å². The molecule has 4 nitrogen and oxygen atoms in total. The molecule has 18 heavy (non-hydrogen) atoms. The van der Waals surface area contributed by atoms with Gasteiger partial charge in [-0.3, -0.25) is 4.57 Å². The van der Waals surface area contributed by atoms with Crippen LogP contribution < -0.4 is 0 Å². The van der Waals surface area contributed by atoms with Gasteiger partial charge in [0.25, 0.3) is 0 Å². The van der Waals surface area contributed by atoms with Crippen LogP contribution in [0.5, 0.6) is 0 Å². The molecule has 106 valence electrons. The quantitative estimate of drug-likeness (QED) is 0.658. The number of hydrogen-bond donors (Lipinski definition) is 0.